The molecule has 0 saturated carbocycles. The molecule has 0 aliphatic carbocycles. The third-order valence-corrected chi connectivity index (χ3v) is 11.5. The number of anilines is 1. The highest BCUT2D eigenvalue weighted by Crippen LogP contribution is 2.34. The smallest absolute Gasteiger partial charge is 0.252 e. The molecule has 5 rings (SSSR count). The number of sulfonamides is 1. The highest BCUT2D eigenvalue weighted by Gasteiger charge is 2.35. The van der Waals surface area contributed by atoms with Gasteiger partial charge in [-0.15, -0.1) is 23.1 Å². The molecule has 1 amide bonds. The van der Waals surface area contributed by atoms with Crippen LogP contribution in [0.1, 0.15) is 12.8 Å². The van der Waals surface area contributed by atoms with Crippen LogP contribution in [0.25, 0.3) is 10.2 Å². The maximum absolute atomic E-state index is 13.1. The average molecular weight is 523 g/mol. The molecule has 7 nitrogen and oxygen atoms in total. The number of aromatic nitrogens is 1. The molecule has 0 unspecified atom stereocenters. The number of carbonyl (C=O) groups excluding carboxylic acids is 1. The van der Waals surface area contributed by atoms with Crippen LogP contribution in [0, 0.1) is 5.92 Å². The van der Waals surface area contributed by atoms with Gasteiger partial charge in [-0.25, -0.2) is 13.4 Å². The van der Waals surface area contributed by atoms with E-state index in [1.165, 1.54) is 25.2 Å². The van der Waals surface area contributed by atoms with E-state index in [-0.39, 0.29) is 11.8 Å². The monoisotopic (exact) mass is 522 g/mol. The molecule has 4 heterocycles. The number of nitrogens with zero attached hydrogens (tertiary/aromatic N) is 4. The van der Waals surface area contributed by atoms with Gasteiger partial charge in [-0.2, -0.15) is 4.31 Å². The summed E-state index contributed by atoms with van der Waals surface area (Å²) in [6.45, 7) is 3.70. The fourth-order valence-corrected chi connectivity index (χ4v) is 8.76. The molecule has 33 heavy (non-hydrogen) atoms. The number of carbonyl (C=O) groups is 1. The number of fused-ring (bicyclic) bond motifs is 1. The van der Waals surface area contributed by atoms with Crippen molar-refractivity contribution >= 4 is 65.7 Å². The molecule has 0 radical (unpaired) electrons. The van der Waals surface area contributed by atoms with Crippen LogP contribution >= 0.6 is 34.4 Å². The van der Waals surface area contributed by atoms with Gasteiger partial charge in [0.1, 0.15) is 4.21 Å². The Bertz CT molecular complexity index is 1230. The largest absolute Gasteiger partial charge is 0.345 e. The minimum atomic E-state index is -3.43. The highest BCUT2D eigenvalue weighted by molar-refractivity contribution is 7.98. The second-order valence-corrected chi connectivity index (χ2v) is 13.2. The maximum Gasteiger partial charge on any atom is 0.252 e. The summed E-state index contributed by atoms with van der Waals surface area (Å²) < 4.78 is 28.6. The number of thioether (sulfide) groups is 1. The molecule has 2 aromatic heterocycles. The Morgan fingerprint density at radius 3 is 2.48 bits per heavy atom. The molecular weight excluding hydrogens is 497 g/mol. The first-order chi connectivity index (χ1) is 16.0. The van der Waals surface area contributed by atoms with Crippen molar-refractivity contribution in [1.82, 2.24) is 14.2 Å². The van der Waals surface area contributed by atoms with E-state index in [4.69, 9.17) is 4.98 Å². The van der Waals surface area contributed by atoms with Crippen LogP contribution < -0.4 is 4.90 Å². The highest BCUT2D eigenvalue weighted by atomic mass is 32.2. The number of piperidine rings is 1. The molecule has 176 valence electrons. The Hall–Kier alpha value is -1.66. The Morgan fingerprint density at radius 1 is 1.06 bits per heavy atom. The molecular formula is C22H26N4O3S4. The van der Waals surface area contributed by atoms with Crippen LogP contribution in [0.2, 0.25) is 0 Å². The average Bonchev–Trinajstić information content (AvgIpc) is 3.54. The zero-order valence-electron chi connectivity index (χ0n) is 18.3. The summed E-state index contributed by atoms with van der Waals surface area (Å²) in [5.74, 6) is 0.0646. The molecule has 2 fully saturated rings. The zero-order chi connectivity index (χ0) is 23.0. The van der Waals surface area contributed by atoms with Crippen molar-refractivity contribution in [3.63, 3.8) is 0 Å². The van der Waals surface area contributed by atoms with E-state index in [0.717, 1.165) is 23.7 Å². The van der Waals surface area contributed by atoms with Crippen molar-refractivity contribution in [1.29, 1.82) is 0 Å². The van der Waals surface area contributed by atoms with Crippen molar-refractivity contribution in [2.45, 2.75) is 21.9 Å². The SMILES string of the molecule is CSc1cccc2sc(N3CCN(C(=O)C4CCN(S(=O)(=O)c5cccs5)CC4)CC3)nc12. The number of thiophene rings is 1. The van der Waals surface area contributed by atoms with Gasteiger partial charge in [0, 0.05) is 50.1 Å². The normalized spacial score (nSPS) is 18.8. The third kappa shape index (κ3) is 4.53. The lowest BCUT2D eigenvalue weighted by atomic mass is 9.96. The Morgan fingerprint density at radius 2 is 1.82 bits per heavy atom. The summed E-state index contributed by atoms with van der Waals surface area (Å²) in [5.41, 5.74) is 1.06. The number of amides is 1. The van der Waals surface area contributed by atoms with Gasteiger partial charge in [-0.05, 0) is 42.7 Å². The lowest BCUT2D eigenvalue weighted by Gasteiger charge is -2.38. The van der Waals surface area contributed by atoms with Crippen LogP contribution in [0.3, 0.4) is 0 Å². The molecule has 0 N–H and O–H groups in total. The summed E-state index contributed by atoms with van der Waals surface area (Å²) in [4.78, 5) is 23.4. The van der Waals surface area contributed by atoms with E-state index in [9.17, 15) is 13.2 Å². The first-order valence-corrected chi connectivity index (χ1v) is 15.3. The van der Waals surface area contributed by atoms with Crippen LogP contribution in [0.15, 0.2) is 44.8 Å². The molecule has 2 aliphatic rings. The molecule has 2 aliphatic heterocycles. The number of piperazine rings is 1. The van der Waals surface area contributed by atoms with E-state index in [1.807, 2.05) is 4.90 Å². The van der Waals surface area contributed by atoms with Crippen LogP contribution in [-0.4, -0.2) is 74.0 Å². The number of thiazole rings is 1. The van der Waals surface area contributed by atoms with E-state index in [1.54, 1.807) is 40.6 Å². The summed E-state index contributed by atoms with van der Waals surface area (Å²) in [6, 6.07) is 9.68. The second-order valence-electron chi connectivity index (χ2n) is 8.23. The quantitative estimate of drug-likeness (QED) is 0.474. The number of para-hydroxylation sites is 1. The fraction of sp³-hybridized carbons (Fsp3) is 0.455. The number of hydrogen-bond donors (Lipinski definition) is 0. The Labute approximate surface area is 206 Å². The van der Waals surface area contributed by atoms with E-state index in [2.05, 4.69) is 29.4 Å². The maximum atomic E-state index is 13.1. The number of benzene rings is 1. The molecule has 3 aromatic rings. The summed E-state index contributed by atoms with van der Waals surface area (Å²) >= 11 is 4.66. The minimum Gasteiger partial charge on any atom is -0.345 e. The van der Waals surface area contributed by atoms with E-state index < -0.39 is 10.0 Å². The van der Waals surface area contributed by atoms with Gasteiger partial charge in [0.05, 0.1) is 10.2 Å². The summed E-state index contributed by atoms with van der Waals surface area (Å²) in [5, 5.41) is 2.80. The summed E-state index contributed by atoms with van der Waals surface area (Å²) in [6.07, 6.45) is 3.23. The van der Waals surface area contributed by atoms with Gasteiger partial charge in [-0.3, -0.25) is 4.79 Å². The van der Waals surface area contributed by atoms with Gasteiger partial charge >= 0.3 is 0 Å². The predicted molar refractivity (Wildman–Crippen MR) is 136 cm³/mol. The Balaban J connectivity index is 1.17. The fourth-order valence-electron chi connectivity index (χ4n) is 4.47. The van der Waals surface area contributed by atoms with Crippen molar-refractivity contribution in [2.75, 3.05) is 50.4 Å². The van der Waals surface area contributed by atoms with Crippen LogP contribution in [0.4, 0.5) is 5.13 Å². The van der Waals surface area contributed by atoms with Gasteiger partial charge in [0.15, 0.2) is 5.13 Å². The van der Waals surface area contributed by atoms with Crippen molar-refractivity contribution in [3.8, 4) is 0 Å². The van der Waals surface area contributed by atoms with Gasteiger partial charge in [-0.1, -0.05) is 23.5 Å². The topological polar surface area (TPSA) is 73.8 Å². The van der Waals surface area contributed by atoms with Gasteiger partial charge < -0.3 is 9.80 Å². The van der Waals surface area contributed by atoms with E-state index in [0.29, 0.717) is 43.2 Å². The lowest BCUT2D eigenvalue weighted by molar-refractivity contribution is -0.137. The number of hydrogen-bond acceptors (Lipinski definition) is 8. The standard InChI is InChI=1S/C22H26N4O3S4/c1-30-17-4-2-5-18-20(17)23-22(32-18)25-13-11-24(12-14-25)21(27)16-7-9-26(10-8-16)33(28,29)19-6-3-15-31-19/h2-6,15-16H,7-14H2,1H3. The van der Waals surface area contributed by atoms with Crippen molar-refractivity contribution in [3.05, 3.63) is 35.7 Å². The molecule has 11 heteroatoms. The van der Waals surface area contributed by atoms with Crippen LogP contribution in [-0.2, 0) is 14.8 Å². The van der Waals surface area contributed by atoms with Crippen molar-refractivity contribution in [2.24, 2.45) is 5.92 Å². The molecule has 1 aromatic carbocycles. The summed E-state index contributed by atoms with van der Waals surface area (Å²) in [7, 11) is -3.43. The molecule has 0 atom stereocenters. The minimum absolute atomic E-state index is 0.0991. The van der Waals surface area contributed by atoms with Crippen LogP contribution in [0.5, 0.6) is 0 Å². The first-order valence-electron chi connectivity index (χ1n) is 11.0. The molecule has 2 saturated heterocycles. The van der Waals surface area contributed by atoms with Crippen molar-refractivity contribution < 1.29 is 13.2 Å². The second kappa shape index (κ2) is 9.53. The van der Waals surface area contributed by atoms with E-state index >= 15 is 0 Å². The van der Waals surface area contributed by atoms with Gasteiger partial charge in [0.2, 0.25) is 5.91 Å². The number of rotatable bonds is 5. The predicted octanol–water partition coefficient (Wildman–Crippen LogP) is 3.83. The Kier molecular flexibility index (Phi) is 6.67. The zero-order valence-corrected chi connectivity index (χ0v) is 21.6. The third-order valence-electron chi connectivity index (χ3n) is 6.34. The molecule has 0 bridgehead atoms. The van der Waals surface area contributed by atoms with Gasteiger partial charge in [0.25, 0.3) is 10.0 Å². The molecule has 0 spiro atoms. The first kappa shape index (κ1) is 23.1. The lowest BCUT2D eigenvalue weighted by Crippen LogP contribution is -2.52.